The van der Waals surface area contributed by atoms with Crippen molar-refractivity contribution < 1.29 is 9.90 Å². The average molecular weight is 211 g/mol. The van der Waals surface area contributed by atoms with Crippen LogP contribution in [0.4, 0.5) is 0 Å². The van der Waals surface area contributed by atoms with Crippen molar-refractivity contribution in [3.63, 3.8) is 0 Å². The predicted octanol–water partition coefficient (Wildman–Crippen LogP) is 0.546. The van der Waals surface area contributed by atoms with E-state index >= 15 is 0 Å². The number of aliphatic hydroxyl groups is 1. The lowest BCUT2D eigenvalue weighted by molar-refractivity contribution is 0.0900. The maximum atomic E-state index is 11.4. The molecular formula is C10H17N3O2. The number of rotatable bonds is 5. The Morgan fingerprint density at radius 3 is 2.93 bits per heavy atom. The van der Waals surface area contributed by atoms with Crippen LogP contribution in [0.3, 0.4) is 0 Å². The van der Waals surface area contributed by atoms with Crippen molar-refractivity contribution in [2.24, 2.45) is 5.92 Å². The zero-order valence-corrected chi connectivity index (χ0v) is 9.03. The van der Waals surface area contributed by atoms with E-state index in [4.69, 9.17) is 0 Å². The molecule has 15 heavy (non-hydrogen) atoms. The molecule has 3 N–H and O–H groups in total. The third-order valence-electron chi connectivity index (χ3n) is 2.00. The van der Waals surface area contributed by atoms with E-state index < -0.39 is 6.10 Å². The van der Waals surface area contributed by atoms with Gasteiger partial charge < -0.3 is 10.4 Å². The number of H-pyrrole nitrogens is 1. The van der Waals surface area contributed by atoms with E-state index in [-0.39, 0.29) is 12.5 Å². The minimum Gasteiger partial charge on any atom is -0.391 e. The summed E-state index contributed by atoms with van der Waals surface area (Å²) < 4.78 is 0. The Balaban J connectivity index is 2.28. The molecule has 1 unspecified atom stereocenters. The topological polar surface area (TPSA) is 78.0 Å². The monoisotopic (exact) mass is 211 g/mol. The highest BCUT2D eigenvalue weighted by Crippen LogP contribution is 2.03. The number of carbonyl (C=O) groups is 1. The zero-order valence-electron chi connectivity index (χ0n) is 9.03. The fraction of sp³-hybridized carbons (Fsp3) is 0.600. The number of aromatic nitrogens is 2. The maximum Gasteiger partial charge on any atom is 0.254 e. The molecule has 5 nitrogen and oxygen atoms in total. The predicted molar refractivity (Wildman–Crippen MR) is 56.4 cm³/mol. The van der Waals surface area contributed by atoms with Gasteiger partial charge in [0.2, 0.25) is 0 Å². The van der Waals surface area contributed by atoms with Crippen molar-refractivity contribution in [1.82, 2.24) is 15.5 Å². The van der Waals surface area contributed by atoms with Gasteiger partial charge in [0.05, 0.1) is 17.9 Å². The molecule has 1 rings (SSSR count). The van der Waals surface area contributed by atoms with Crippen LogP contribution in [0.2, 0.25) is 0 Å². The minimum absolute atomic E-state index is 0.216. The lowest BCUT2D eigenvalue weighted by Crippen LogP contribution is -2.32. The standard InChI is InChI=1S/C10H17N3O2/c1-7(2)3-9(14)6-11-10(15)8-4-12-13-5-8/h4-5,7,9,14H,3,6H2,1-2H3,(H,11,15)(H,12,13). The summed E-state index contributed by atoms with van der Waals surface area (Å²) in [5.41, 5.74) is 0.478. The van der Waals surface area contributed by atoms with Crippen LogP contribution in [0.25, 0.3) is 0 Å². The van der Waals surface area contributed by atoms with Gasteiger partial charge in [-0.2, -0.15) is 5.10 Å². The summed E-state index contributed by atoms with van der Waals surface area (Å²) in [5, 5.41) is 18.4. The number of hydrogen-bond acceptors (Lipinski definition) is 3. The molecule has 5 heteroatoms. The summed E-state index contributed by atoms with van der Waals surface area (Å²) in [6, 6.07) is 0. The largest absolute Gasteiger partial charge is 0.391 e. The molecule has 84 valence electrons. The number of hydrogen-bond donors (Lipinski definition) is 3. The van der Waals surface area contributed by atoms with Gasteiger partial charge >= 0.3 is 0 Å². The van der Waals surface area contributed by atoms with Gasteiger partial charge in [-0.05, 0) is 12.3 Å². The second-order valence-electron chi connectivity index (χ2n) is 3.98. The molecule has 0 saturated heterocycles. The fourth-order valence-electron chi connectivity index (χ4n) is 1.32. The molecule has 1 atom stereocenters. The number of carbonyl (C=O) groups excluding carboxylic acids is 1. The first-order valence-electron chi connectivity index (χ1n) is 5.04. The van der Waals surface area contributed by atoms with Crippen LogP contribution in [-0.2, 0) is 0 Å². The number of nitrogens with zero attached hydrogens (tertiary/aromatic N) is 1. The lowest BCUT2D eigenvalue weighted by Gasteiger charge is -2.13. The number of nitrogens with one attached hydrogen (secondary N) is 2. The molecule has 1 amide bonds. The van der Waals surface area contributed by atoms with Crippen LogP contribution >= 0.6 is 0 Å². The van der Waals surface area contributed by atoms with E-state index in [1.54, 1.807) is 0 Å². The van der Waals surface area contributed by atoms with Gasteiger partial charge in [0, 0.05) is 12.7 Å². The van der Waals surface area contributed by atoms with Crippen molar-refractivity contribution >= 4 is 5.91 Å². The Kier molecular flexibility index (Phi) is 4.30. The first kappa shape index (κ1) is 11.7. The molecule has 0 aliphatic heterocycles. The molecule has 0 aliphatic carbocycles. The molecular weight excluding hydrogens is 194 g/mol. The molecule has 0 radical (unpaired) electrons. The van der Waals surface area contributed by atoms with Crippen molar-refractivity contribution in [3.8, 4) is 0 Å². The fourth-order valence-corrected chi connectivity index (χ4v) is 1.32. The van der Waals surface area contributed by atoms with Gasteiger partial charge in [0.25, 0.3) is 5.91 Å². The molecule has 0 saturated carbocycles. The highest BCUT2D eigenvalue weighted by atomic mass is 16.3. The van der Waals surface area contributed by atoms with E-state index in [1.165, 1.54) is 12.4 Å². The van der Waals surface area contributed by atoms with Gasteiger partial charge in [-0.25, -0.2) is 0 Å². The van der Waals surface area contributed by atoms with Gasteiger partial charge in [0.15, 0.2) is 0 Å². The van der Waals surface area contributed by atoms with Crippen LogP contribution in [-0.4, -0.2) is 33.9 Å². The summed E-state index contributed by atoms with van der Waals surface area (Å²) >= 11 is 0. The number of aliphatic hydroxyl groups excluding tert-OH is 1. The molecule has 0 fully saturated rings. The highest BCUT2D eigenvalue weighted by Gasteiger charge is 2.10. The van der Waals surface area contributed by atoms with Crippen molar-refractivity contribution in [2.45, 2.75) is 26.4 Å². The molecule has 1 aromatic rings. The van der Waals surface area contributed by atoms with Gasteiger partial charge in [-0.3, -0.25) is 9.89 Å². The molecule has 1 aromatic heterocycles. The molecule has 1 heterocycles. The molecule has 0 bridgehead atoms. The van der Waals surface area contributed by atoms with E-state index in [0.29, 0.717) is 17.9 Å². The van der Waals surface area contributed by atoms with Gasteiger partial charge in [-0.1, -0.05) is 13.8 Å². The zero-order chi connectivity index (χ0) is 11.3. The van der Waals surface area contributed by atoms with Crippen LogP contribution in [0.5, 0.6) is 0 Å². The quantitative estimate of drug-likeness (QED) is 0.665. The van der Waals surface area contributed by atoms with E-state index in [2.05, 4.69) is 15.5 Å². The van der Waals surface area contributed by atoms with Crippen LogP contribution < -0.4 is 5.32 Å². The summed E-state index contributed by atoms with van der Waals surface area (Å²) in [5.74, 6) is 0.206. The third kappa shape index (κ3) is 4.12. The summed E-state index contributed by atoms with van der Waals surface area (Å²) in [6.07, 6.45) is 3.17. The van der Waals surface area contributed by atoms with Gasteiger partial charge in [-0.15, -0.1) is 0 Å². The smallest absolute Gasteiger partial charge is 0.254 e. The van der Waals surface area contributed by atoms with Crippen LogP contribution in [0, 0.1) is 5.92 Å². The Hall–Kier alpha value is -1.36. The van der Waals surface area contributed by atoms with E-state index in [9.17, 15) is 9.90 Å². The second-order valence-corrected chi connectivity index (χ2v) is 3.98. The third-order valence-corrected chi connectivity index (χ3v) is 2.00. The highest BCUT2D eigenvalue weighted by molar-refractivity contribution is 5.93. The first-order chi connectivity index (χ1) is 7.09. The summed E-state index contributed by atoms with van der Waals surface area (Å²) in [4.78, 5) is 11.4. The second kappa shape index (κ2) is 5.50. The molecule has 0 spiro atoms. The lowest BCUT2D eigenvalue weighted by atomic mass is 10.1. The van der Waals surface area contributed by atoms with Crippen molar-refractivity contribution in [3.05, 3.63) is 18.0 Å². The van der Waals surface area contributed by atoms with Crippen LogP contribution in [0.1, 0.15) is 30.6 Å². The minimum atomic E-state index is -0.485. The SMILES string of the molecule is CC(C)CC(O)CNC(=O)c1cn[nH]c1. The summed E-state index contributed by atoms with van der Waals surface area (Å²) in [7, 11) is 0. The Morgan fingerprint density at radius 2 is 2.40 bits per heavy atom. The Labute approximate surface area is 88.9 Å². The number of aromatic amines is 1. The first-order valence-corrected chi connectivity index (χ1v) is 5.04. The van der Waals surface area contributed by atoms with Gasteiger partial charge in [0.1, 0.15) is 0 Å². The maximum absolute atomic E-state index is 11.4. The van der Waals surface area contributed by atoms with E-state index in [0.717, 1.165) is 0 Å². The Bertz CT molecular complexity index is 296. The normalized spacial score (nSPS) is 12.8. The summed E-state index contributed by atoms with van der Waals surface area (Å²) in [6.45, 7) is 4.34. The van der Waals surface area contributed by atoms with Crippen LogP contribution in [0.15, 0.2) is 12.4 Å². The van der Waals surface area contributed by atoms with E-state index in [1.807, 2.05) is 13.8 Å². The molecule has 0 aliphatic rings. The molecule has 0 aromatic carbocycles. The average Bonchev–Trinajstić information content (AvgIpc) is 2.65. The van der Waals surface area contributed by atoms with Crippen molar-refractivity contribution in [2.75, 3.05) is 6.54 Å². The Morgan fingerprint density at radius 1 is 1.67 bits per heavy atom. The van der Waals surface area contributed by atoms with Crippen molar-refractivity contribution in [1.29, 1.82) is 0 Å². The number of amides is 1.